The van der Waals surface area contributed by atoms with Crippen molar-refractivity contribution in [1.29, 1.82) is 10.5 Å². The number of rotatable bonds is 5. The van der Waals surface area contributed by atoms with E-state index in [-0.39, 0.29) is 5.91 Å². The van der Waals surface area contributed by atoms with Crippen LogP contribution in [0.25, 0.3) is 0 Å². The molecule has 0 radical (unpaired) electrons. The van der Waals surface area contributed by atoms with E-state index < -0.39 is 0 Å². The lowest BCUT2D eigenvalue weighted by molar-refractivity contribution is 0.0746. The molecule has 0 spiro atoms. The third-order valence-corrected chi connectivity index (χ3v) is 7.61. The van der Waals surface area contributed by atoms with Crippen LogP contribution in [0.2, 0.25) is 0 Å². The first-order valence-corrected chi connectivity index (χ1v) is 13.2. The molecule has 7 nitrogen and oxygen atoms in total. The Labute approximate surface area is 224 Å². The largest absolute Gasteiger partial charge is 0.368 e. The molecule has 7 heteroatoms. The summed E-state index contributed by atoms with van der Waals surface area (Å²) in [6.45, 7) is 9.04. The molecular formula is C31H32N6O. The molecule has 38 heavy (non-hydrogen) atoms. The van der Waals surface area contributed by atoms with E-state index in [1.54, 1.807) is 0 Å². The zero-order valence-corrected chi connectivity index (χ0v) is 21.8. The highest BCUT2D eigenvalue weighted by molar-refractivity contribution is 5.96. The van der Waals surface area contributed by atoms with Crippen LogP contribution in [-0.4, -0.2) is 68.1 Å². The monoisotopic (exact) mass is 504 g/mol. The highest BCUT2D eigenvalue weighted by Crippen LogP contribution is 2.24. The number of nitriles is 2. The van der Waals surface area contributed by atoms with Crippen LogP contribution in [0.3, 0.4) is 0 Å². The average molecular weight is 505 g/mol. The first-order valence-electron chi connectivity index (χ1n) is 13.2. The van der Waals surface area contributed by atoms with Crippen molar-refractivity contribution in [3.8, 4) is 12.1 Å². The summed E-state index contributed by atoms with van der Waals surface area (Å²) < 4.78 is 0. The van der Waals surface area contributed by atoms with Crippen molar-refractivity contribution in [3.05, 3.63) is 94.5 Å². The number of anilines is 2. The van der Waals surface area contributed by atoms with E-state index in [0.29, 0.717) is 31.7 Å². The molecule has 0 aromatic heterocycles. The Morgan fingerprint density at radius 3 is 1.82 bits per heavy atom. The smallest absolute Gasteiger partial charge is 0.254 e. The van der Waals surface area contributed by atoms with E-state index in [1.807, 2.05) is 60.4 Å². The molecule has 2 aliphatic rings. The second-order valence-electron chi connectivity index (χ2n) is 9.95. The van der Waals surface area contributed by atoms with E-state index in [9.17, 15) is 15.3 Å². The summed E-state index contributed by atoms with van der Waals surface area (Å²) in [4.78, 5) is 22.3. The standard InChI is InChI=1S/C31H32N6O/c1-24-10-11-25(23-34-12-14-35(15-13-34)29-8-4-2-6-26(29)21-32)20-28(24)31(38)37-18-16-36(17-19-37)30-9-5-3-7-27(30)22-33/h2-11,20H,12-19,23H2,1H3. The van der Waals surface area contributed by atoms with E-state index in [4.69, 9.17) is 0 Å². The number of amides is 1. The molecule has 3 aromatic carbocycles. The van der Waals surface area contributed by atoms with Gasteiger partial charge in [-0.1, -0.05) is 36.4 Å². The number of hydrogen-bond acceptors (Lipinski definition) is 6. The average Bonchev–Trinajstić information content (AvgIpc) is 2.98. The Hall–Kier alpha value is -4.33. The molecule has 0 saturated carbocycles. The quantitative estimate of drug-likeness (QED) is 0.522. The molecule has 2 heterocycles. The normalized spacial score (nSPS) is 16.1. The summed E-state index contributed by atoms with van der Waals surface area (Å²) in [5.74, 6) is 0.0792. The van der Waals surface area contributed by atoms with Crippen LogP contribution in [0.15, 0.2) is 66.7 Å². The molecule has 0 unspecified atom stereocenters. The van der Waals surface area contributed by atoms with Gasteiger partial charge < -0.3 is 14.7 Å². The van der Waals surface area contributed by atoms with E-state index in [1.165, 1.54) is 0 Å². The van der Waals surface area contributed by atoms with Crippen molar-refractivity contribution in [1.82, 2.24) is 9.80 Å². The molecule has 1 amide bonds. The van der Waals surface area contributed by atoms with E-state index >= 15 is 0 Å². The molecule has 192 valence electrons. The van der Waals surface area contributed by atoms with Gasteiger partial charge in [-0.2, -0.15) is 10.5 Å². The molecule has 0 N–H and O–H groups in total. The number of para-hydroxylation sites is 2. The first-order chi connectivity index (χ1) is 18.6. The summed E-state index contributed by atoms with van der Waals surface area (Å²) >= 11 is 0. The fourth-order valence-electron chi connectivity index (χ4n) is 5.41. The van der Waals surface area contributed by atoms with Gasteiger partial charge in [0.2, 0.25) is 0 Å². The van der Waals surface area contributed by atoms with Crippen molar-refractivity contribution in [2.45, 2.75) is 13.5 Å². The van der Waals surface area contributed by atoms with Gasteiger partial charge in [-0.3, -0.25) is 9.69 Å². The number of benzene rings is 3. The van der Waals surface area contributed by atoms with Crippen molar-refractivity contribution < 1.29 is 4.79 Å². The van der Waals surface area contributed by atoms with Crippen LogP contribution in [0.4, 0.5) is 11.4 Å². The molecule has 2 fully saturated rings. The van der Waals surface area contributed by atoms with Crippen molar-refractivity contribution >= 4 is 17.3 Å². The second-order valence-corrected chi connectivity index (χ2v) is 9.95. The predicted molar refractivity (Wildman–Crippen MR) is 149 cm³/mol. The lowest BCUT2D eigenvalue weighted by atomic mass is 10.0. The zero-order valence-electron chi connectivity index (χ0n) is 21.8. The van der Waals surface area contributed by atoms with Gasteiger partial charge in [0, 0.05) is 64.5 Å². The molecule has 0 aliphatic carbocycles. The number of hydrogen-bond donors (Lipinski definition) is 0. The molecule has 2 aliphatic heterocycles. The fraction of sp³-hybridized carbons (Fsp3) is 0.323. The fourth-order valence-corrected chi connectivity index (χ4v) is 5.41. The maximum Gasteiger partial charge on any atom is 0.254 e. The number of piperazine rings is 2. The van der Waals surface area contributed by atoms with Gasteiger partial charge in [0.05, 0.1) is 22.5 Å². The lowest BCUT2D eigenvalue weighted by Crippen LogP contribution is -2.49. The van der Waals surface area contributed by atoms with Gasteiger partial charge in [-0.15, -0.1) is 0 Å². The SMILES string of the molecule is Cc1ccc(CN2CCN(c3ccccc3C#N)CC2)cc1C(=O)N1CCN(c2ccccc2C#N)CC1. The topological polar surface area (TPSA) is 77.6 Å². The molecule has 3 aromatic rings. The number of carbonyl (C=O) groups is 1. The summed E-state index contributed by atoms with van der Waals surface area (Å²) in [6.07, 6.45) is 0. The van der Waals surface area contributed by atoms with Crippen LogP contribution in [-0.2, 0) is 6.54 Å². The minimum Gasteiger partial charge on any atom is -0.368 e. The van der Waals surface area contributed by atoms with Crippen molar-refractivity contribution in [2.75, 3.05) is 62.2 Å². The molecule has 2 saturated heterocycles. The maximum absolute atomic E-state index is 13.5. The van der Waals surface area contributed by atoms with Crippen molar-refractivity contribution in [2.24, 2.45) is 0 Å². The minimum atomic E-state index is 0.0792. The van der Waals surface area contributed by atoms with Gasteiger partial charge >= 0.3 is 0 Å². The van der Waals surface area contributed by atoms with Crippen LogP contribution in [0.1, 0.15) is 32.6 Å². The number of nitrogens with zero attached hydrogens (tertiary/aromatic N) is 6. The highest BCUT2D eigenvalue weighted by atomic mass is 16.2. The van der Waals surface area contributed by atoms with Crippen LogP contribution in [0, 0.1) is 29.6 Å². The van der Waals surface area contributed by atoms with E-state index in [0.717, 1.165) is 66.4 Å². The van der Waals surface area contributed by atoms with Gasteiger partial charge in [-0.25, -0.2) is 0 Å². The molecular weight excluding hydrogens is 472 g/mol. The Morgan fingerprint density at radius 2 is 1.26 bits per heavy atom. The highest BCUT2D eigenvalue weighted by Gasteiger charge is 2.25. The summed E-state index contributed by atoms with van der Waals surface area (Å²) in [7, 11) is 0. The van der Waals surface area contributed by atoms with Crippen molar-refractivity contribution in [3.63, 3.8) is 0 Å². The molecule has 0 bridgehead atoms. The maximum atomic E-state index is 13.5. The molecule has 0 atom stereocenters. The summed E-state index contributed by atoms with van der Waals surface area (Å²) in [5.41, 5.74) is 6.25. The number of aryl methyl sites for hydroxylation is 1. The van der Waals surface area contributed by atoms with Gasteiger partial charge in [-0.05, 0) is 48.4 Å². The third kappa shape index (κ3) is 5.34. The Balaban J connectivity index is 1.20. The number of carbonyl (C=O) groups excluding carboxylic acids is 1. The predicted octanol–water partition coefficient (Wildman–Crippen LogP) is 4.02. The Morgan fingerprint density at radius 1 is 0.737 bits per heavy atom. The first kappa shape index (κ1) is 25.3. The third-order valence-electron chi connectivity index (χ3n) is 7.61. The Bertz CT molecular complexity index is 1390. The summed E-state index contributed by atoms with van der Waals surface area (Å²) in [6, 6.07) is 26.3. The van der Waals surface area contributed by atoms with Gasteiger partial charge in [0.15, 0.2) is 0 Å². The zero-order chi connectivity index (χ0) is 26.5. The Kier molecular flexibility index (Phi) is 7.58. The van der Waals surface area contributed by atoms with Crippen LogP contribution < -0.4 is 9.80 Å². The van der Waals surface area contributed by atoms with Crippen LogP contribution >= 0.6 is 0 Å². The van der Waals surface area contributed by atoms with Crippen LogP contribution in [0.5, 0.6) is 0 Å². The molecule has 5 rings (SSSR count). The van der Waals surface area contributed by atoms with Gasteiger partial charge in [0.1, 0.15) is 12.1 Å². The van der Waals surface area contributed by atoms with E-state index in [2.05, 4.69) is 45.0 Å². The minimum absolute atomic E-state index is 0.0792. The second kappa shape index (κ2) is 11.4. The summed E-state index contributed by atoms with van der Waals surface area (Å²) in [5, 5.41) is 18.9. The lowest BCUT2D eigenvalue weighted by Gasteiger charge is -2.37. The van der Waals surface area contributed by atoms with Gasteiger partial charge in [0.25, 0.3) is 5.91 Å².